The summed E-state index contributed by atoms with van der Waals surface area (Å²) in [5.41, 5.74) is 0. The molecule has 0 bridgehead atoms. The monoisotopic (exact) mass is 241 g/mol. The molecule has 1 aromatic rings. The molecule has 2 N–H and O–H groups in total. The third-order valence-corrected chi connectivity index (χ3v) is 2.28. The van der Waals surface area contributed by atoms with E-state index in [1.807, 2.05) is 20.9 Å². The van der Waals surface area contributed by atoms with Gasteiger partial charge in [-0.05, 0) is 13.8 Å². The minimum absolute atomic E-state index is 0.0355. The minimum atomic E-state index is -0.245. The molecular weight excluding hydrogens is 222 g/mol. The third kappa shape index (κ3) is 4.03. The Bertz CT molecular complexity index is 365. The number of ether oxygens (including phenoxy) is 1. The Morgan fingerprint density at radius 3 is 2.76 bits per heavy atom. The first kappa shape index (κ1) is 13.4. The van der Waals surface area contributed by atoms with Gasteiger partial charge in [0, 0.05) is 14.2 Å². The van der Waals surface area contributed by atoms with Gasteiger partial charge in [0.2, 0.25) is 0 Å². The van der Waals surface area contributed by atoms with E-state index in [4.69, 9.17) is 4.74 Å². The highest BCUT2D eigenvalue weighted by Crippen LogP contribution is 2.06. The van der Waals surface area contributed by atoms with Crippen LogP contribution in [0.25, 0.3) is 0 Å². The molecule has 0 spiro atoms. The molecule has 1 rings (SSSR count). The number of carbonyl (C=O) groups is 1. The minimum Gasteiger partial charge on any atom is -0.383 e. The van der Waals surface area contributed by atoms with Crippen molar-refractivity contribution in [2.24, 2.45) is 7.05 Å². The zero-order valence-electron chi connectivity index (χ0n) is 10.6. The summed E-state index contributed by atoms with van der Waals surface area (Å²) in [5.74, 6) is 0.708. The molecule has 0 unspecified atom stereocenters. The summed E-state index contributed by atoms with van der Waals surface area (Å²) in [6.07, 6.45) is 1.60. The molecule has 0 aromatic carbocycles. The average Bonchev–Trinajstić information content (AvgIpc) is 2.64. The van der Waals surface area contributed by atoms with Crippen molar-refractivity contribution in [1.82, 2.24) is 25.4 Å². The maximum atomic E-state index is 11.6. The Morgan fingerprint density at radius 1 is 1.53 bits per heavy atom. The quantitative estimate of drug-likeness (QED) is 0.772. The van der Waals surface area contributed by atoms with Gasteiger partial charge in [0.1, 0.15) is 6.33 Å². The topological polar surface area (TPSA) is 81.1 Å². The van der Waals surface area contributed by atoms with Crippen LogP contribution in [0.15, 0.2) is 6.33 Å². The number of carbonyl (C=O) groups excluding carboxylic acids is 1. The van der Waals surface area contributed by atoms with E-state index in [2.05, 4.69) is 20.8 Å². The van der Waals surface area contributed by atoms with Gasteiger partial charge < -0.3 is 19.9 Å². The van der Waals surface area contributed by atoms with E-state index < -0.39 is 0 Å². The van der Waals surface area contributed by atoms with Crippen LogP contribution in [0.3, 0.4) is 0 Å². The summed E-state index contributed by atoms with van der Waals surface area (Å²) in [6.45, 7) is 4.20. The van der Waals surface area contributed by atoms with Gasteiger partial charge in [-0.2, -0.15) is 0 Å². The summed E-state index contributed by atoms with van der Waals surface area (Å²) >= 11 is 0. The highest BCUT2D eigenvalue weighted by molar-refractivity contribution is 5.74. The summed E-state index contributed by atoms with van der Waals surface area (Å²) in [5, 5.41) is 13.2. The zero-order chi connectivity index (χ0) is 12.8. The van der Waals surface area contributed by atoms with E-state index in [1.54, 1.807) is 18.0 Å². The van der Waals surface area contributed by atoms with E-state index in [0.29, 0.717) is 12.4 Å². The molecule has 0 radical (unpaired) electrons. The highest BCUT2D eigenvalue weighted by Gasteiger charge is 2.15. The first-order valence-corrected chi connectivity index (χ1v) is 5.44. The molecule has 0 aliphatic rings. The van der Waals surface area contributed by atoms with Crippen molar-refractivity contribution in [1.29, 1.82) is 0 Å². The van der Waals surface area contributed by atoms with Gasteiger partial charge in [0.25, 0.3) is 0 Å². The van der Waals surface area contributed by atoms with Crippen molar-refractivity contribution in [2.45, 2.75) is 25.9 Å². The van der Waals surface area contributed by atoms with E-state index in [9.17, 15) is 4.79 Å². The van der Waals surface area contributed by atoms with Crippen molar-refractivity contribution >= 4 is 6.03 Å². The number of aryl methyl sites for hydroxylation is 1. The lowest BCUT2D eigenvalue weighted by Crippen LogP contribution is -2.43. The molecule has 7 heteroatoms. The average molecular weight is 241 g/mol. The predicted molar refractivity (Wildman–Crippen MR) is 62.4 cm³/mol. The Kier molecular flexibility index (Phi) is 4.89. The van der Waals surface area contributed by atoms with Crippen LogP contribution in [0.1, 0.15) is 25.7 Å². The van der Waals surface area contributed by atoms with Crippen molar-refractivity contribution < 1.29 is 9.53 Å². The van der Waals surface area contributed by atoms with E-state index in [-0.39, 0.29) is 18.1 Å². The summed E-state index contributed by atoms with van der Waals surface area (Å²) < 4.78 is 6.70. The van der Waals surface area contributed by atoms with Gasteiger partial charge in [-0.1, -0.05) is 0 Å². The second kappa shape index (κ2) is 6.19. The summed E-state index contributed by atoms with van der Waals surface area (Å²) in [6, 6.07) is -0.478. The highest BCUT2D eigenvalue weighted by atomic mass is 16.5. The fraction of sp³-hybridized carbons (Fsp3) is 0.700. The number of hydrogen-bond acceptors (Lipinski definition) is 4. The maximum absolute atomic E-state index is 11.6. The van der Waals surface area contributed by atoms with Crippen molar-refractivity contribution in [3.05, 3.63) is 12.2 Å². The molecule has 7 nitrogen and oxygen atoms in total. The Morgan fingerprint density at radius 2 is 2.24 bits per heavy atom. The first-order valence-electron chi connectivity index (χ1n) is 5.44. The fourth-order valence-electron chi connectivity index (χ4n) is 1.50. The lowest BCUT2D eigenvalue weighted by atomic mass is 10.3. The van der Waals surface area contributed by atoms with E-state index >= 15 is 0 Å². The lowest BCUT2D eigenvalue weighted by molar-refractivity contribution is 0.170. The van der Waals surface area contributed by atoms with Gasteiger partial charge in [-0.15, -0.1) is 10.2 Å². The molecule has 0 saturated heterocycles. The van der Waals surface area contributed by atoms with Crippen LogP contribution in [-0.4, -0.2) is 40.6 Å². The molecule has 0 saturated carbocycles. The smallest absolute Gasteiger partial charge is 0.315 e. The number of nitrogens with one attached hydrogen (secondary N) is 2. The zero-order valence-corrected chi connectivity index (χ0v) is 10.6. The van der Waals surface area contributed by atoms with Gasteiger partial charge in [0.15, 0.2) is 5.82 Å². The Balaban J connectivity index is 2.44. The van der Waals surface area contributed by atoms with Crippen LogP contribution in [0.2, 0.25) is 0 Å². The number of rotatable bonds is 5. The van der Waals surface area contributed by atoms with Crippen molar-refractivity contribution in [3.8, 4) is 0 Å². The molecule has 17 heavy (non-hydrogen) atoms. The van der Waals surface area contributed by atoms with Crippen LogP contribution in [0.4, 0.5) is 4.79 Å². The summed E-state index contributed by atoms with van der Waals surface area (Å²) in [4.78, 5) is 11.6. The number of amides is 2. The predicted octanol–water partition coefficient (Wildman–Crippen LogP) is 0.210. The molecule has 0 fully saturated rings. The van der Waals surface area contributed by atoms with Gasteiger partial charge in [-0.25, -0.2) is 4.79 Å². The molecule has 96 valence electrons. The van der Waals surface area contributed by atoms with E-state index in [0.717, 1.165) is 0 Å². The van der Waals surface area contributed by atoms with E-state index in [1.165, 1.54) is 0 Å². The Hall–Kier alpha value is -1.63. The lowest BCUT2D eigenvalue weighted by Gasteiger charge is -2.17. The number of nitrogens with zero attached hydrogens (tertiary/aromatic N) is 3. The van der Waals surface area contributed by atoms with Crippen LogP contribution in [0, 0.1) is 0 Å². The number of urea groups is 1. The van der Waals surface area contributed by atoms with Crippen LogP contribution >= 0.6 is 0 Å². The molecule has 0 aliphatic carbocycles. The Labute approximate surface area is 101 Å². The van der Waals surface area contributed by atoms with Gasteiger partial charge >= 0.3 is 6.03 Å². The van der Waals surface area contributed by atoms with Crippen LogP contribution in [0.5, 0.6) is 0 Å². The second-order valence-electron chi connectivity index (χ2n) is 4.00. The molecule has 0 aliphatic heterocycles. The molecular formula is C10H19N5O2. The van der Waals surface area contributed by atoms with Crippen LogP contribution < -0.4 is 10.6 Å². The third-order valence-electron chi connectivity index (χ3n) is 2.28. The fourth-order valence-corrected chi connectivity index (χ4v) is 1.50. The summed E-state index contributed by atoms with van der Waals surface area (Å²) in [7, 11) is 3.43. The largest absolute Gasteiger partial charge is 0.383 e. The van der Waals surface area contributed by atoms with Crippen LogP contribution in [-0.2, 0) is 11.8 Å². The van der Waals surface area contributed by atoms with Gasteiger partial charge in [0.05, 0.1) is 18.7 Å². The normalized spacial score (nSPS) is 14.1. The maximum Gasteiger partial charge on any atom is 0.315 e. The SMILES string of the molecule is COC[C@@H](C)NC(=O)N[C@H](C)c1nncn1C. The standard InChI is InChI=1S/C10H19N5O2/c1-7(5-17-4)12-10(16)13-8(2)9-14-11-6-15(9)3/h6-8H,5H2,1-4H3,(H2,12,13,16)/t7-,8-/m1/s1. The molecule has 1 aromatic heterocycles. The number of methoxy groups -OCH3 is 1. The van der Waals surface area contributed by atoms with Crippen molar-refractivity contribution in [2.75, 3.05) is 13.7 Å². The van der Waals surface area contributed by atoms with Gasteiger partial charge in [-0.3, -0.25) is 0 Å². The second-order valence-corrected chi connectivity index (χ2v) is 4.00. The molecule has 1 heterocycles. The number of aromatic nitrogens is 3. The number of hydrogen-bond donors (Lipinski definition) is 2. The molecule has 2 amide bonds. The first-order chi connectivity index (χ1) is 8.04. The molecule has 2 atom stereocenters. The van der Waals surface area contributed by atoms with Crippen molar-refractivity contribution in [3.63, 3.8) is 0 Å².